The lowest BCUT2D eigenvalue weighted by atomic mass is 10.1. The highest BCUT2D eigenvalue weighted by Gasteiger charge is 2.28. The lowest BCUT2D eigenvalue weighted by Gasteiger charge is -2.23. The van der Waals surface area contributed by atoms with Crippen molar-refractivity contribution >= 4 is 46.1 Å². The molecule has 71 heavy (non-hydrogen) atoms. The minimum atomic E-state index is -0.343. The molecule has 8 aromatic rings. The highest BCUT2D eigenvalue weighted by Crippen LogP contribution is 2.39. The van der Waals surface area contributed by atoms with Crippen LogP contribution in [-0.2, 0) is 40.9 Å². The van der Waals surface area contributed by atoms with Crippen LogP contribution in [0.25, 0.3) is 68.6 Å². The average Bonchev–Trinajstić information content (AvgIpc) is 4.15. The van der Waals surface area contributed by atoms with Gasteiger partial charge in [-0.15, -0.1) is 10.2 Å². The zero-order valence-electron chi connectivity index (χ0n) is 41.4. The number of rotatable bonds is 6. The third-order valence-corrected chi connectivity index (χ3v) is 12.9. The first-order chi connectivity index (χ1) is 34.2. The van der Waals surface area contributed by atoms with E-state index in [4.69, 9.17) is 44.2 Å². The topological polar surface area (TPSA) is 235 Å². The van der Waals surface area contributed by atoms with Gasteiger partial charge in [0.1, 0.15) is 37.0 Å². The Labute approximate surface area is 408 Å². The molecule has 8 aromatic heterocycles. The molecule has 0 aromatic carbocycles. The minimum absolute atomic E-state index is 0.136. The maximum atomic E-state index is 9.47. The van der Waals surface area contributed by atoms with E-state index >= 15 is 0 Å². The van der Waals surface area contributed by atoms with Gasteiger partial charge in [-0.25, -0.2) is 14.0 Å². The van der Waals surface area contributed by atoms with Crippen LogP contribution in [0.2, 0.25) is 0 Å². The molecule has 10 rings (SSSR count). The Hall–Kier alpha value is -8.34. The van der Waals surface area contributed by atoms with Gasteiger partial charge in [-0.2, -0.15) is 30.9 Å². The normalized spacial score (nSPS) is 16.4. The van der Waals surface area contributed by atoms with Gasteiger partial charge in [-0.1, -0.05) is 0 Å². The van der Waals surface area contributed by atoms with Gasteiger partial charge in [0.05, 0.1) is 84.7 Å². The van der Waals surface area contributed by atoms with Crippen LogP contribution in [0, 0.1) is 50.4 Å². The maximum absolute atomic E-state index is 9.47. The van der Waals surface area contributed by atoms with E-state index in [9.17, 15) is 10.5 Å². The van der Waals surface area contributed by atoms with Gasteiger partial charge in [0.25, 0.3) is 0 Å². The Balaban J connectivity index is 1.13. The van der Waals surface area contributed by atoms with Gasteiger partial charge >= 0.3 is 0 Å². The molecule has 1 N–H and O–H groups in total. The van der Waals surface area contributed by atoms with Crippen LogP contribution < -0.4 is 18.9 Å². The number of hydrogen-bond acceptors (Lipinski definition) is 16. The lowest BCUT2D eigenvalue weighted by Crippen LogP contribution is -2.32. The number of hydrogen-bond donors (Lipinski definition) is 1. The van der Waals surface area contributed by atoms with Crippen LogP contribution in [0.5, 0.6) is 23.5 Å². The SMILES string of the molecule is Cc1nn(C)c2c1-c1cc3c(nn(Cn4nc(C)c5c4O[C@@H](C)CN(C)Cc4c(c(OCC#N)nn4C)/C=C/c4[nH]nc6c(C)nc-5cc46)c3c(C)n1)/C=C/c1c(OCC#N)nn(C)c1CN(C)CCO2. The highest BCUT2D eigenvalue weighted by molar-refractivity contribution is 5.95. The predicted octanol–water partition coefficient (Wildman–Crippen LogP) is 5.36. The molecule has 0 amide bonds. The van der Waals surface area contributed by atoms with Crippen LogP contribution in [0.3, 0.4) is 0 Å². The molecule has 22 heteroatoms. The molecule has 22 nitrogen and oxygen atoms in total. The number of fused-ring (bicyclic) bond motifs is 8. The van der Waals surface area contributed by atoms with E-state index in [-0.39, 0.29) is 26.0 Å². The van der Waals surface area contributed by atoms with Gasteiger partial charge in [0.15, 0.2) is 13.2 Å². The first kappa shape index (κ1) is 46.4. The number of aryl methyl sites for hydroxylation is 7. The largest absolute Gasteiger partial charge is 0.476 e. The van der Waals surface area contributed by atoms with Crippen molar-refractivity contribution in [1.82, 2.24) is 78.9 Å². The summed E-state index contributed by atoms with van der Waals surface area (Å²) >= 11 is 0. The lowest BCUT2D eigenvalue weighted by molar-refractivity contribution is 0.144. The summed E-state index contributed by atoms with van der Waals surface area (Å²) in [7, 11) is 9.67. The second-order valence-corrected chi connectivity index (χ2v) is 18.1. The molecule has 0 saturated carbocycles. The molecule has 0 radical (unpaired) electrons. The average molecular weight is 959 g/mol. The highest BCUT2D eigenvalue weighted by atomic mass is 16.5. The number of nitrogens with zero attached hydrogens (tertiary/aromatic N) is 17. The van der Waals surface area contributed by atoms with Crippen molar-refractivity contribution in [3.63, 3.8) is 0 Å². The monoisotopic (exact) mass is 958 g/mol. The van der Waals surface area contributed by atoms with Gasteiger partial charge in [0, 0.05) is 58.1 Å². The third kappa shape index (κ3) is 8.50. The van der Waals surface area contributed by atoms with Gasteiger partial charge in [-0.05, 0) is 85.2 Å². The van der Waals surface area contributed by atoms with Crippen molar-refractivity contribution in [2.45, 2.75) is 60.5 Å². The van der Waals surface area contributed by atoms with Crippen LogP contribution in [0.15, 0.2) is 12.1 Å². The van der Waals surface area contributed by atoms with E-state index in [1.807, 2.05) is 116 Å². The summed E-state index contributed by atoms with van der Waals surface area (Å²) in [5.74, 6) is 1.86. The molecule has 2 aliphatic heterocycles. The second-order valence-electron chi connectivity index (χ2n) is 18.1. The molecular weight excluding hydrogens is 905 g/mol. The smallest absolute Gasteiger partial charge is 0.241 e. The second kappa shape index (κ2) is 18.5. The van der Waals surface area contributed by atoms with E-state index < -0.39 is 0 Å². The summed E-state index contributed by atoms with van der Waals surface area (Å²) in [5.41, 5.74) is 12.1. The zero-order valence-corrected chi connectivity index (χ0v) is 41.4. The summed E-state index contributed by atoms with van der Waals surface area (Å²) in [4.78, 5) is 14.6. The number of ether oxygens (including phenoxy) is 4. The number of nitrogens with one attached hydrogen (secondary N) is 1. The van der Waals surface area contributed by atoms with E-state index in [1.165, 1.54) is 0 Å². The molecule has 0 fully saturated rings. The van der Waals surface area contributed by atoms with Crippen molar-refractivity contribution in [3.05, 3.63) is 68.8 Å². The fourth-order valence-corrected chi connectivity index (χ4v) is 9.68. The van der Waals surface area contributed by atoms with Crippen molar-refractivity contribution in [2.75, 3.05) is 47.0 Å². The molecule has 364 valence electrons. The number of aromatic nitrogens is 14. The number of nitriles is 2. The molecule has 0 spiro atoms. The molecule has 0 aliphatic carbocycles. The van der Waals surface area contributed by atoms with E-state index in [1.54, 1.807) is 14.0 Å². The van der Waals surface area contributed by atoms with Gasteiger partial charge < -0.3 is 18.9 Å². The molecule has 1 atom stereocenters. The standard InChI is InChI=1S/C49H54N18O4/c1-27-23-62(7)25-41-32(46(60-64(41)9)68-18-15-50)11-13-36-34-21-38(52-30(4)44(34)55-54-36)43-29(3)57-67(49(43)71-27)26-66-45-31(5)53-39-22-35(45)37(58-66)14-12-33-40(63(8)59-47(33)69-19-16-51)24-61(6)17-20-70-48-42(39)28(2)56-65(48)10/h11-14,21-22,27H,17-20,23-26H2,1-10H3,(H,54,55)/b13-11+,14-12+/t27-/m0/s1. The molecule has 0 saturated heterocycles. The zero-order chi connectivity index (χ0) is 49.8. The quantitative estimate of drug-likeness (QED) is 0.221. The van der Waals surface area contributed by atoms with Gasteiger partial charge in [-0.3, -0.25) is 34.2 Å². The molecule has 10 heterocycles. The summed E-state index contributed by atoms with van der Waals surface area (Å²) in [5, 5.41) is 52.9. The van der Waals surface area contributed by atoms with Crippen LogP contribution in [0.4, 0.5) is 0 Å². The molecular formula is C49H54N18O4. The molecule has 0 unspecified atom stereocenters. The maximum Gasteiger partial charge on any atom is 0.241 e. The van der Waals surface area contributed by atoms with Crippen molar-refractivity contribution < 1.29 is 18.9 Å². The van der Waals surface area contributed by atoms with Crippen molar-refractivity contribution in [1.29, 1.82) is 10.5 Å². The number of pyridine rings is 2. The Morgan fingerprint density at radius 1 is 0.690 bits per heavy atom. The van der Waals surface area contributed by atoms with Crippen molar-refractivity contribution in [2.24, 2.45) is 21.1 Å². The summed E-state index contributed by atoms with van der Waals surface area (Å²) in [6, 6.07) is 8.19. The van der Waals surface area contributed by atoms with Crippen LogP contribution in [0.1, 0.15) is 63.6 Å². The van der Waals surface area contributed by atoms with Crippen LogP contribution in [-0.4, -0.2) is 132 Å². The number of H-pyrrole nitrogens is 1. The Morgan fingerprint density at radius 3 is 2.00 bits per heavy atom. The number of aromatic amines is 1. The molecule has 4 bridgehead atoms. The first-order valence-electron chi connectivity index (χ1n) is 23.2. The molecule has 2 aliphatic rings. The predicted molar refractivity (Wildman–Crippen MR) is 264 cm³/mol. The van der Waals surface area contributed by atoms with Crippen LogP contribution >= 0.6 is 0 Å². The van der Waals surface area contributed by atoms with E-state index in [2.05, 4.69) is 42.3 Å². The summed E-state index contributed by atoms with van der Waals surface area (Å²) in [6.45, 7) is 12.3. The summed E-state index contributed by atoms with van der Waals surface area (Å²) in [6.07, 6.45) is 7.48. The third-order valence-electron chi connectivity index (χ3n) is 12.9. The Morgan fingerprint density at radius 2 is 1.31 bits per heavy atom. The fraction of sp³-hybridized carbons (Fsp3) is 0.388. The minimum Gasteiger partial charge on any atom is -0.476 e. The fourth-order valence-electron chi connectivity index (χ4n) is 9.68. The number of likely N-dealkylation sites (N-methyl/N-ethyl adjacent to an activating group) is 2. The van der Waals surface area contributed by atoms with E-state index in [0.717, 1.165) is 78.2 Å². The Kier molecular flexibility index (Phi) is 12.1. The summed E-state index contributed by atoms with van der Waals surface area (Å²) < 4.78 is 34.3. The Bertz CT molecular complexity index is 3530. The van der Waals surface area contributed by atoms with E-state index in [0.29, 0.717) is 79.1 Å². The van der Waals surface area contributed by atoms with Crippen molar-refractivity contribution in [3.8, 4) is 58.2 Å². The van der Waals surface area contributed by atoms with Gasteiger partial charge in [0.2, 0.25) is 23.5 Å². The first-order valence-corrected chi connectivity index (χ1v) is 23.2.